The highest BCUT2D eigenvalue weighted by Crippen LogP contribution is 2.43. The molecule has 40 heavy (non-hydrogen) atoms. The maximum atomic E-state index is 11.7. The summed E-state index contributed by atoms with van der Waals surface area (Å²) in [6.45, 7) is 7.32. The van der Waals surface area contributed by atoms with Crippen LogP contribution in [-0.2, 0) is 4.79 Å². The summed E-state index contributed by atoms with van der Waals surface area (Å²) >= 11 is 0. The van der Waals surface area contributed by atoms with Crippen molar-refractivity contribution in [3.8, 4) is 22.4 Å². The zero-order valence-electron chi connectivity index (χ0n) is 22.9. The Labute approximate surface area is 233 Å². The molecule has 1 saturated heterocycles. The van der Waals surface area contributed by atoms with Gasteiger partial charge in [0.05, 0.1) is 16.6 Å². The van der Waals surface area contributed by atoms with E-state index >= 15 is 0 Å². The van der Waals surface area contributed by atoms with Gasteiger partial charge in [-0.1, -0.05) is 48.5 Å². The molecule has 0 atom stereocenters. The fourth-order valence-electron chi connectivity index (χ4n) is 6.47. The van der Waals surface area contributed by atoms with E-state index in [9.17, 15) is 4.79 Å². The van der Waals surface area contributed by atoms with Crippen LogP contribution in [0.2, 0.25) is 0 Å². The molecular weight excluding hydrogens is 498 g/mol. The van der Waals surface area contributed by atoms with Gasteiger partial charge in [-0.05, 0) is 37.0 Å². The van der Waals surface area contributed by atoms with Gasteiger partial charge in [-0.15, -0.1) is 0 Å². The number of carbonyl (C=O) groups excluding carboxylic acids is 1. The Morgan fingerprint density at radius 1 is 0.900 bits per heavy atom. The molecule has 7 rings (SSSR count). The molecule has 0 radical (unpaired) electrons. The van der Waals surface area contributed by atoms with Gasteiger partial charge in [0.15, 0.2) is 0 Å². The maximum Gasteiger partial charge on any atom is 0.219 e. The minimum absolute atomic E-state index is 0.172. The first kappa shape index (κ1) is 24.7. The van der Waals surface area contributed by atoms with Crippen molar-refractivity contribution in [2.45, 2.75) is 38.8 Å². The fourth-order valence-corrected chi connectivity index (χ4v) is 6.47. The van der Waals surface area contributed by atoms with Crippen LogP contribution >= 0.6 is 0 Å². The number of pyridine rings is 1. The molecule has 8 nitrogen and oxygen atoms in total. The van der Waals surface area contributed by atoms with Crippen molar-refractivity contribution in [3.63, 3.8) is 0 Å². The molecule has 2 N–H and O–H groups in total. The van der Waals surface area contributed by atoms with Gasteiger partial charge in [0.25, 0.3) is 0 Å². The summed E-state index contributed by atoms with van der Waals surface area (Å²) in [5, 5.41) is 2.02. The van der Waals surface area contributed by atoms with Crippen LogP contribution in [0.25, 0.3) is 44.3 Å². The Kier molecular flexibility index (Phi) is 6.00. The summed E-state index contributed by atoms with van der Waals surface area (Å²) < 4.78 is 2.31. The van der Waals surface area contributed by atoms with Gasteiger partial charge in [-0.3, -0.25) is 9.69 Å². The Morgan fingerprint density at radius 3 is 2.40 bits per heavy atom. The third kappa shape index (κ3) is 4.10. The van der Waals surface area contributed by atoms with Gasteiger partial charge in [0, 0.05) is 67.9 Å². The Morgan fingerprint density at radius 2 is 1.65 bits per heavy atom. The first-order chi connectivity index (χ1) is 19.5. The summed E-state index contributed by atoms with van der Waals surface area (Å²) in [4.78, 5) is 30.4. The number of benzene rings is 2. The summed E-state index contributed by atoms with van der Waals surface area (Å²) in [7, 11) is 0. The number of nitrogen functional groups attached to an aromatic ring is 1. The summed E-state index contributed by atoms with van der Waals surface area (Å²) in [5.41, 5.74) is 13.7. The lowest BCUT2D eigenvalue weighted by Crippen LogP contribution is -2.54. The van der Waals surface area contributed by atoms with Crippen molar-refractivity contribution in [1.29, 1.82) is 0 Å². The van der Waals surface area contributed by atoms with E-state index < -0.39 is 0 Å². The van der Waals surface area contributed by atoms with E-state index in [1.165, 1.54) is 0 Å². The third-order valence-corrected chi connectivity index (χ3v) is 8.87. The standard InChI is InChI=1S/C32H33N7O/c1-20-26(10-8-23-9-11-28(36-30(20)23)22-6-4-3-5-7-22)27-18-39(32-29(27)31(33)34-19-35-32)25-16-24(17-25)38-14-12-37(13-15-38)21(2)40/h3-11,18-19,24-25H,12-17H2,1-2H3,(H2,33,34,35). The predicted octanol–water partition coefficient (Wildman–Crippen LogP) is 5.07. The average Bonchev–Trinajstić information content (AvgIpc) is 3.33. The van der Waals surface area contributed by atoms with E-state index in [1.807, 2.05) is 23.1 Å². The van der Waals surface area contributed by atoms with Crippen LogP contribution < -0.4 is 5.73 Å². The number of nitrogens with zero attached hydrogens (tertiary/aromatic N) is 6. The highest BCUT2D eigenvalue weighted by Gasteiger charge is 2.37. The zero-order chi connectivity index (χ0) is 27.4. The highest BCUT2D eigenvalue weighted by molar-refractivity contribution is 6.03. The van der Waals surface area contributed by atoms with Gasteiger partial charge in [0.2, 0.25) is 5.91 Å². The van der Waals surface area contributed by atoms with E-state index in [-0.39, 0.29) is 5.91 Å². The van der Waals surface area contributed by atoms with Crippen molar-refractivity contribution in [3.05, 3.63) is 72.7 Å². The molecule has 8 heteroatoms. The van der Waals surface area contributed by atoms with Crippen molar-refractivity contribution in [2.75, 3.05) is 31.9 Å². The molecule has 0 spiro atoms. The number of nitrogens with two attached hydrogens (primary N) is 1. The molecule has 0 bridgehead atoms. The summed E-state index contributed by atoms with van der Waals surface area (Å²) in [6, 6.07) is 19.7. The van der Waals surface area contributed by atoms with Crippen molar-refractivity contribution in [2.24, 2.45) is 0 Å². The van der Waals surface area contributed by atoms with E-state index in [0.717, 1.165) is 88.9 Å². The molecule has 1 aliphatic heterocycles. The van der Waals surface area contributed by atoms with Crippen LogP contribution in [0.3, 0.4) is 0 Å². The fraction of sp³-hybridized carbons (Fsp3) is 0.312. The number of rotatable bonds is 4. The highest BCUT2D eigenvalue weighted by atomic mass is 16.2. The van der Waals surface area contributed by atoms with Crippen LogP contribution in [-0.4, -0.2) is 67.4 Å². The molecule has 202 valence electrons. The molecule has 1 aliphatic carbocycles. The van der Waals surface area contributed by atoms with E-state index in [2.05, 4.69) is 64.0 Å². The number of aromatic nitrogens is 4. The molecular formula is C32H33N7O. The van der Waals surface area contributed by atoms with Crippen LogP contribution in [0.15, 0.2) is 67.1 Å². The van der Waals surface area contributed by atoms with Gasteiger partial charge >= 0.3 is 0 Å². The monoisotopic (exact) mass is 531 g/mol. The Balaban J connectivity index is 1.23. The van der Waals surface area contributed by atoms with E-state index in [0.29, 0.717) is 17.9 Å². The first-order valence-corrected chi connectivity index (χ1v) is 14.0. The molecule has 5 aromatic rings. The number of aryl methyl sites for hydroxylation is 1. The molecule has 4 heterocycles. The minimum Gasteiger partial charge on any atom is -0.383 e. The van der Waals surface area contributed by atoms with Crippen LogP contribution in [0.5, 0.6) is 0 Å². The molecule has 0 unspecified atom stereocenters. The SMILES string of the molecule is CC(=O)N1CCN(C2CC(n3cc(-c4ccc5ccc(-c6ccccc6)nc5c4C)c4c(N)ncnc43)C2)CC1. The number of hydrogen-bond acceptors (Lipinski definition) is 6. The van der Waals surface area contributed by atoms with Gasteiger partial charge in [-0.2, -0.15) is 0 Å². The number of hydrogen-bond donors (Lipinski definition) is 1. The van der Waals surface area contributed by atoms with Crippen LogP contribution in [0, 0.1) is 6.92 Å². The van der Waals surface area contributed by atoms with E-state index in [1.54, 1.807) is 13.3 Å². The number of amides is 1. The first-order valence-electron chi connectivity index (χ1n) is 14.0. The Hall–Kier alpha value is -4.30. The van der Waals surface area contributed by atoms with Gasteiger partial charge in [-0.25, -0.2) is 15.0 Å². The second-order valence-corrected chi connectivity index (χ2v) is 11.1. The van der Waals surface area contributed by atoms with E-state index in [4.69, 9.17) is 15.7 Å². The smallest absolute Gasteiger partial charge is 0.219 e. The molecule has 3 aromatic heterocycles. The lowest BCUT2D eigenvalue weighted by atomic mass is 9.85. The van der Waals surface area contributed by atoms with Gasteiger partial charge < -0.3 is 15.2 Å². The lowest BCUT2D eigenvalue weighted by Gasteiger charge is -2.46. The maximum absolute atomic E-state index is 11.7. The number of fused-ring (bicyclic) bond motifs is 2. The lowest BCUT2D eigenvalue weighted by molar-refractivity contribution is -0.131. The van der Waals surface area contributed by atoms with Crippen LogP contribution in [0.1, 0.15) is 31.4 Å². The van der Waals surface area contributed by atoms with Crippen LogP contribution in [0.4, 0.5) is 5.82 Å². The Bertz CT molecular complexity index is 1730. The number of piperazine rings is 1. The second-order valence-electron chi connectivity index (χ2n) is 11.1. The molecule has 1 amide bonds. The quantitative estimate of drug-likeness (QED) is 0.348. The van der Waals surface area contributed by atoms with Crippen molar-refractivity contribution >= 4 is 33.7 Å². The molecule has 2 fully saturated rings. The van der Waals surface area contributed by atoms with Crippen molar-refractivity contribution in [1.82, 2.24) is 29.3 Å². The third-order valence-electron chi connectivity index (χ3n) is 8.87. The zero-order valence-corrected chi connectivity index (χ0v) is 22.9. The number of carbonyl (C=O) groups is 1. The normalized spacial score (nSPS) is 19.7. The minimum atomic E-state index is 0.172. The molecule has 1 saturated carbocycles. The largest absolute Gasteiger partial charge is 0.383 e. The van der Waals surface area contributed by atoms with Gasteiger partial charge in [0.1, 0.15) is 17.8 Å². The topological polar surface area (TPSA) is 93.2 Å². The summed E-state index contributed by atoms with van der Waals surface area (Å²) in [6.07, 6.45) is 5.91. The predicted molar refractivity (Wildman–Crippen MR) is 159 cm³/mol. The van der Waals surface area contributed by atoms with Crippen molar-refractivity contribution < 1.29 is 4.79 Å². The average molecular weight is 532 g/mol. The summed E-state index contributed by atoms with van der Waals surface area (Å²) in [5.74, 6) is 0.672. The number of anilines is 1. The molecule has 2 aromatic carbocycles. The molecule has 2 aliphatic rings. The second kappa shape index (κ2) is 9.71.